The lowest BCUT2D eigenvalue weighted by Gasteiger charge is -2.19. The number of rotatable bonds is 8. The van der Waals surface area contributed by atoms with Crippen LogP contribution in [0, 0.1) is 7.43 Å². The Balaban J connectivity index is 0.000000127. The lowest BCUT2D eigenvalue weighted by molar-refractivity contribution is 0.426. The number of fused-ring (bicyclic) bond motifs is 10. The third-order valence-corrected chi connectivity index (χ3v) is 18.6. The first-order chi connectivity index (χ1) is 46.4. The molecule has 0 unspecified atom stereocenters. The normalized spacial score (nSPS) is 11.2. The fraction of sp³-hybridized carbons (Fsp3) is 0. The molecule has 0 saturated heterocycles. The van der Waals surface area contributed by atoms with Crippen molar-refractivity contribution in [2.24, 2.45) is 0 Å². The maximum atomic E-state index is 9.35. The monoisotopic (exact) mass is 1280 g/mol. The first-order valence-electron chi connectivity index (χ1n) is 31.6. The van der Waals surface area contributed by atoms with Crippen molar-refractivity contribution in [2.75, 3.05) is 0 Å². The topological polar surface area (TPSA) is 66.7 Å². The van der Waals surface area contributed by atoms with Crippen LogP contribution in [-0.2, 0) is 0 Å². The second kappa shape index (κ2) is 26.0. The number of benzene rings is 16. The Kier molecular flexibility index (Phi) is 16.4. The smallest absolute Gasteiger partial charge is 0.455 e. The molecule has 0 aliphatic heterocycles. The minimum absolute atomic E-state index is 0. The predicted octanol–water partition coefficient (Wildman–Crippen LogP) is 24.0. The molecule has 18 aromatic rings. The van der Waals surface area contributed by atoms with Crippen LogP contribution in [-0.4, -0.2) is 17.2 Å². The summed E-state index contributed by atoms with van der Waals surface area (Å²) in [5, 5.41) is 33.3. The van der Waals surface area contributed by atoms with Gasteiger partial charge in [0.2, 0.25) is 0 Å². The molecule has 0 saturated carbocycles. The Labute approximate surface area is 560 Å². The van der Waals surface area contributed by atoms with Crippen molar-refractivity contribution in [3.63, 3.8) is 0 Å². The van der Waals surface area contributed by atoms with Gasteiger partial charge >= 0.3 is 7.12 Å². The lowest BCUT2D eigenvalue weighted by atomic mass is 9.79. The van der Waals surface area contributed by atoms with E-state index in [1.165, 1.54) is 98.7 Å². The number of hydrogen-bond donors (Lipinski definition) is 2. The van der Waals surface area contributed by atoms with Gasteiger partial charge in [0.15, 0.2) is 0 Å². The molecule has 0 atom stereocenters. The van der Waals surface area contributed by atoms with E-state index in [0.717, 1.165) is 70.6 Å². The summed E-state index contributed by atoms with van der Waals surface area (Å²) in [7, 11) is -1.48. The lowest BCUT2D eigenvalue weighted by Crippen LogP contribution is -2.29. The molecule has 2 aromatic heterocycles. The summed E-state index contributed by atoms with van der Waals surface area (Å²) in [6.07, 6.45) is 0. The average molecular weight is 1290 g/mol. The molecule has 16 aromatic carbocycles. The highest BCUT2D eigenvalue weighted by Gasteiger charge is 2.21. The minimum Gasteiger partial charge on any atom is -0.455 e. The molecule has 0 bridgehead atoms. The average Bonchev–Trinajstić information content (AvgIpc) is 1.62. The molecule has 95 heavy (non-hydrogen) atoms. The SMILES string of the molecule is Brc1ccc2c(-c3ccccc3)c3ccccc3c(-c3ccccc3)c2c1.OB(O)c1cccc(-c2cccc3c2oc2ccccc23)c1.[CH3-].c1ccc(-c2c3ccccc3c(-c3ccccc3)c3cc(-c4cccc(-c5cccc6c5oc5ccccc56)c4)ccc23)cc1. The van der Waals surface area contributed by atoms with E-state index >= 15 is 0 Å². The van der Waals surface area contributed by atoms with Crippen molar-refractivity contribution < 1.29 is 18.9 Å². The summed E-state index contributed by atoms with van der Waals surface area (Å²) < 4.78 is 13.5. The van der Waals surface area contributed by atoms with Crippen LogP contribution in [0.5, 0.6) is 0 Å². The highest BCUT2D eigenvalue weighted by molar-refractivity contribution is 9.10. The Hall–Kier alpha value is -11.4. The second-order valence-electron chi connectivity index (χ2n) is 23.6. The Bertz CT molecular complexity index is 5840. The fourth-order valence-electron chi connectivity index (χ4n) is 13.9. The molecule has 0 amide bonds. The molecule has 6 heteroatoms. The molecule has 452 valence electrons. The summed E-state index contributed by atoms with van der Waals surface area (Å²) in [5.74, 6) is 0. The summed E-state index contributed by atoms with van der Waals surface area (Å²) >= 11 is 3.68. The Morgan fingerprint density at radius 1 is 0.232 bits per heavy atom. The summed E-state index contributed by atoms with van der Waals surface area (Å²) in [6, 6.07) is 119. The zero-order valence-electron chi connectivity index (χ0n) is 52.0. The number of para-hydroxylation sites is 4. The van der Waals surface area contributed by atoms with Crippen LogP contribution in [0.4, 0.5) is 0 Å². The van der Waals surface area contributed by atoms with Gasteiger partial charge in [-0.1, -0.05) is 319 Å². The van der Waals surface area contributed by atoms with Crippen molar-refractivity contribution in [3.8, 4) is 77.9 Å². The van der Waals surface area contributed by atoms with Crippen molar-refractivity contribution >= 4 is 115 Å². The highest BCUT2D eigenvalue weighted by atomic mass is 79.9. The molecule has 0 aliphatic rings. The van der Waals surface area contributed by atoms with Crippen LogP contribution < -0.4 is 5.46 Å². The van der Waals surface area contributed by atoms with Gasteiger partial charge in [-0.05, 0) is 152 Å². The first kappa shape index (κ1) is 59.9. The zero-order valence-corrected chi connectivity index (χ0v) is 53.6. The molecule has 2 N–H and O–H groups in total. The van der Waals surface area contributed by atoms with Crippen LogP contribution in [0.25, 0.3) is 165 Å². The van der Waals surface area contributed by atoms with Crippen molar-refractivity contribution in [1.82, 2.24) is 0 Å². The van der Waals surface area contributed by atoms with E-state index in [-0.39, 0.29) is 7.43 Å². The Morgan fingerprint density at radius 3 is 1.00 bits per heavy atom. The van der Waals surface area contributed by atoms with Crippen molar-refractivity contribution in [3.05, 3.63) is 352 Å². The molecule has 4 nitrogen and oxygen atoms in total. The van der Waals surface area contributed by atoms with E-state index in [4.69, 9.17) is 8.83 Å². The predicted molar refractivity (Wildman–Crippen MR) is 406 cm³/mol. The van der Waals surface area contributed by atoms with E-state index in [9.17, 15) is 10.0 Å². The summed E-state index contributed by atoms with van der Waals surface area (Å²) in [5.41, 5.74) is 20.5. The first-order valence-corrected chi connectivity index (χ1v) is 32.4. The van der Waals surface area contributed by atoms with Crippen molar-refractivity contribution in [2.45, 2.75) is 0 Å². The van der Waals surface area contributed by atoms with Gasteiger partial charge in [0.1, 0.15) is 22.3 Å². The van der Waals surface area contributed by atoms with Crippen LogP contribution in [0.15, 0.2) is 353 Å². The largest absolute Gasteiger partial charge is 0.488 e. The van der Waals surface area contributed by atoms with Crippen LogP contribution >= 0.6 is 15.9 Å². The van der Waals surface area contributed by atoms with Gasteiger partial charge in [-0.2, -0.15) is 0 Å². The van der Waals surface area contributed by atoms with E-state index < -0.39 is 7.12 Å². The van der Waals surface area contributed by atoms with E-state index in [1.807, 2.05) is 66.7 Å². The standard InChI is InChI=1S/C44H28O.C26H17Br.C18H13BO3.CH3/c1-3-13-29(14-4-1)42-36-20-7-8-21-37(36)43(30-15-5-2-6-16-30)40-28-32(25-26-38(40)42)31-17-11-18-33(27-31)34-22-12-23-39-35-19-9-10-24-41(35)45-44(34)39;27-20-15-16-23-24(17-20)26(19-11-5-2-6-12-19)22-14-8-7-13-21(22)25(23)18-9-3-1-4-10-18;20-19(21)13-6-3-5-12(11-13)14-8-4-9-16-15-7-1-2-10-17(15)22-18(14)16;/h1-28H;1-17H;1-11,20-21H;1H3/q;;;-1. The molecular weight excluding hydrogens is 1220 g/mol. The van der Waals surface area contributed by atoms with Gasteiger partial charge in [0.25, 0.3) is 0 Å². The van der Waals surface area contributed by atoms with Crippen LogP contribution in [0.1, 0.15) is 0 Å². The molecule has 2 heterocycles. The van der Waals surface area contributed by atoms with E-state index in [2.05, 4.69) is 277 Å². The van der Waals surface area contributed by atoms with Crippen molar-refractivity contribution in [1.29, 1.82) is 0 Å². The quantitative estimate of drug-likeness (QED) is 0.0904. The highest BCUT2D eigenvalue weighted by Crippen LogP contribution is 2.47. The molecular formula is C89H61BBrO4-. The van der Waals surface area contributed by atoms with E-state index in [1.54, 1.807) is 12.1 Å². The molecule has 0 aliphatic carbocycles. The van der Waals surface area contributed by atoms with Gasteiger partial charge in [-0.3, -0.25) is 0 Å². The molecule has 0 radical (unpaired) electrons. The molecule has 0 fully saturated rings. The maximum absolute atomic E-state index is 9.35. The maximum Gasteiger partial charge on any atom is 0.488 e. The zero-order chi connectivity index (χ0) is 63.1. The molecule has 18 rings (SSSR count). The second-order valence-corrected chi connectivity index (χ2v) is 24.6. The Morgan fingerprint density at radius 2 is 0.547 bits per heavy atom. The minimum atomic E-state index is -1.48. The number of hydrogen-bond acceptors (Lipinski definition) is 4. The summed E-state index contributed by atoms with van der Waals surface area (Å²) in [6.45, 7) is 0. The van der Waals surface area contributed by atoms with Gasteiger partial charge in [0, 0.05) is 37.1 Å². The van der Waals surface area contributed by atoms with Gasteiger partial charge in [0.05, 0.1) is 0 Å². The number of furan rings is 2. The van der Waals surface area contributed by atoms with Crippen LogP contribution in [0.2, 0.25) is 0 Å². The van der Waals surface area contributed by atoms with E-state index in [0.29, 0.717) is 5.46 Å². The fourth-order valence-corrected chi connectivity index (χ4v) is 14.2. The number of halogens is 1. The third kappa shape index (κ3) is 11.2. The van der Waals surface area contributed by atoms with Gasteiger partial charge in [-0.15, -0.1) is 0 Å². The van der Waals surface area contributed by atoms with Crippen LogP contribution in [0.3, 0.4) is 0 Å². The van der Waals surface area contributed by atoms with Gasteiger partial charge in [-0.25, -0.2) is 0 Å². The molecule has 0 spiro atoms. The third-order valence-electron chi connectivity index (χ3n) is 18.1. The summed E-state index contributed by atoms with van der Waals surface area (Å²) in [4.78, 5) is 0. The van der Waals surface area contributed by atoms with Gasteiger partial charge < -0.3 is 26.3 Å².